The van der Waals surface area contributed by atoms with Crippen molar-refractivity contribution < 1.29 is 19.8 Å². The number of halogens is 3. The van der Waals surface area contributed by atoms with Crippen LogP contribution in [0.1, 0.15) is 21.6 Å². The largest absolute Gasteiger partial charge is 0.508 e. The quantitative estimate of drug-likeness (QED) is 0.267. The van der Waals surface area contributed by atoms with Crippen LogP contribution in [0.2, 0.25) is 15.1 Å². The lowest BCUT2D eigenvalue weighted by atomic mass is 10.0. The Morgan fingerprint density at radius 2 is 1.61 bits per heavy atom. The van der Waals surface area contributed by atoms with Gasteiger partial charge in [-0.05, 0) is 55.0 Å². The molecule has 4 aromatic rings. The van der Waals surface area contributed by atoms with Gasteiger partial charge < -0.3 is 15.5 Å². The van der Waals surface area contributed by atoms with Crippen LogP contribution in [0.25, 0.3) is 16.9 Å². The molecule has 4 rings (SSSR count). The molecule has 0 saturated carbocycles. The van der Waals surface area contributed by atoms with E-state index in [2.05, 4.69) is 10.4 Å². The molecule has 7 nitrogen and oxygen atoms in total. The van der Waals surface area contributed by atoms with E-state index in [1.165, 1.54) is 16.8 Å². The molecule has 0 aliphatic rings. The Labute approximate surface area is 221 Å². The maximum atomic E-state index is 13.3. The minimum Gasteiger partial charge on any atom is -0.508 e. The van der Waals surface area contributed by atoms with E-state index in [1.54, 1.807) is 61.5 Å². The zero-order valence-corrected chi connectivity index (χ0v) is 21.1. The molecular formula is C26H20Cl3N3O4. The number of nitrogens with zero attached hydrogens (tertiary/aromatic N) is 2. The van der Waals surface area contributed by atoms with Gasteiger partial charge in [0, 0.05) is 27.6 Å². The number of phenolic OH excluding ortho intramolecular Hbond substituents is 1. The van der Waals surface area contributed by atoms with Crippen molar-refractivity contribution in [3.63, 3.8) is 0 Å². The van der Waals surface area contributed by atoms with Crippen LogP contribution >= 0.6 is 34.8 Å². The van der Waals surface area contributed by atoms with Crippen molar-refractivity contribution in [1.29, 1.82) is 0 Å². The lowest BCUT2D eigenvalue weighted by molar-refractivity contribution is -0.139. The number of aliphatic carboxylic acids is 1. The van der Waals surface area contributed by atoms with E-state index in [0.717, 1.165) is 5.56 Å². The van der Waals surface area contributed by atoms with E-state index in [1.807, 2.05) is 0 Å². The summed E-state index contributed by atoms with van der Waals surface area (Å²) >= 11 is 18.6. The zero-order chi connectivity index (χ0) is 26.0. The van der Waals surface area contributed by atoms with Crippen LogP contribution in [-0.4, -0.2) is 37.9 Å². The van der Waals surface area contributed by atoms with Crippen LogP contribution in [-0.2, 0) is 11.2 Å². The maximum absolute atomic E-state index is 13.3. The highest BCUT2D eigenvalue weighted by molar-refractivity contribution is 6.35. The number of carboxylic acid groups (broad SMARTS) is 1. The number of phenols is 1. The number of carbonyl (C=O) groups excluding carboxylic acids is 1. The maximum Gasteiger partial charge on any atom is 0.326 e. The summed E-state index contributed by atoms with van der Waals surface area (Å²) in [5.41, 5.74) is 3.02. The molecule has 184 valence electrons. The van der Waals surface area contributed by atoms with E-state index in [9.17, 15) is 19.8 Å². The zero-order valence-electron chi connectivity index (χ0n) is 18.9. The number of aromatic nitrogens is 2. The predicted octanol–water partition coefficient (Wildman–Crippen LogP) is 5.94. The summed E-state index contributed by atoms with van der Waals surface area (Å²) in [4.78, 5) is 25.2. The van der Waals surface area contributed by atoms with Crippen molar-refractivity contribution in [3.05, 3.63) is 98.6 Å². The summed E-state index contributed by atoms with van der Waals surface area (Å²) in [5.74, 6) is -1.80. The second-order valence-electron chi connectivity index (χ2n) is 8.07. The summed E-state index contributed by atoms with van der Waals surface area (Å²) in [6.07, 6.45) is 0.0220. The average Bonchev–Trinajstić information content (AvgIpc) is 3.17. The van der Waals surface area contributed by atoms with Gasteiger partial charge in [0.2, 0.25) is 0 Å². The standard InChI is InChI=1S/C26H20Cl3N3O4/c1-14-23(25(34)30-21(26(35)36)12-15-2-9-19(33)10-3-15)31-32(22-11-8-18(28)13-20(22)29)24(14)16-4-6-17(27)7-5-16/h2-11,13,21,33H,12H2,1H3,(H,30,34)(H,35,36)/t21-/m0/s1. The molecular weight excluding hydrogens is 525 g/mol. The van der Waals surface area contributed by atoms with Crippen LogP contribution in [0.3, 0.4) is 0 Å². The summed E-state index contributed by atoms with van der Waals surface area (Å²) in [5, 5.41) is 27.6. The lowest BCUT2D eigenvalue weighted by Gasteiger charge is -2.14. The van der Waals surface area contributed by atoms with Crippen molar-refractivity contribution in [2.75, 3.05) is 0 Å². The van der Waals surface area contributed by atoms with E-state index < -0.39 is 17.9 Å². The molecule has 0 aliphatic heterocycles. The van der Waals surface area contributed by atoms with Gasteiger partial charge in [-0.1, -0.05) is 59.1 Å². The first-order chi connectivity index (χ1) is 17.1. The van der Waals surface area contributed by atoms with E-state index in [0.29, 0.717) is 37.6 Å². The number of amides is 1. The average molecular weight is 545 g/mol. The van der Waals surface area contributed by atoms with Gasteiger partial charge in [-0.25, -0.2) is 9.48 Å². The Bertz CT molecular complexity index is 1430. The van der Waals surface area contributed by atoms with E-state index >= 15 is 0 Å². The van der Waals surface area contributed by atoms with Crippen molar-refractivity contribution >= 4 is 46.7 Å². The summed E-state index contributed by atoms with van der Waals surface area (Å²) in [6, 6.07) is 16.8. The highest BCUT2D eigenvalue weighted by Crippen LogP contribution is 2.33. The van der Waals surface area contributed by atoms with Crippen LogP contribution in [0.4, 0.5) is 0 Å². The van der Waals surface area contributed by atoms with Gasteiger partial charge in [0.25, 0.3) is 5.91 Å². The normalized spacial score (nSPS) is 11.8. The molecule has 1 amide bonds. The van der Waals surface area contributed by atoms with Crippen LogP contribution in [0.5, 0.6) is 5.75 Å². The fourth-order valence-corrected chi connectivity index (χ4v) is 4.39. The summed E-state index contributed by atoms with van der Waals surface area (Å²) in [7, 11) is 0. The lowest BCUT2D eigenvalue weighted by Crippen LogP contribution is -2.42. The predicted molar refractivity (Wildman–Crippen MR) is 139 cm³/mol. The molecule has 0 bridgehead atoms. The fraction of sp³-hybridized carbons (Fsp3) is 0.115. The van der Waals surface area contributed by atoms with Crippen molar-refractivity contribution in [2.24, 2.45) is 0 Å². The van der Waals surface area contributed by atoms with Gasteiger partial charge in [0.05, 0.1) is 16.4 Å². The molecule has 0 fully saturated rings. The molecule has 3 N–H and O–H groups in total. The number of benzene rings is 3. The van der Waals surface area contributed by atoms with Crippen LogP contribution < -0.4 is 5.32 Å². The van der Waals surface area contributed by atoms with Crippen molar-refractivity contribution in [2.45, 2.75) is 19.4 Å². The van der Waals surface area contributed by atoms with Gasteiger partial charge in [-0.2, -0.15) is 5.10 Å². The van der Waals surface area contributed by atoms with Crippen LogP contribution in [0.15, 0.2) is 66.7 Å². The highest BCUT2D eigenvalue weighted by atomic mass is 35.5. The third kappa shape index (κ3) is 5.49. The first-order valence-corrected chi connectivity index (χ1v) is 11.9. The van der Waals surface area contributed by atoms with Gasteiger partial charge in [-0.3, -0.25) is 4.79 Å². The third-order valence-electron chi connectivity index (χ3n) is 5.57. The molecule has 1 heterocycles. The van der Waals surface area contributed by atoms with E-state index in [4.69, 9.17) is 34.8 Å². The number of carboxylic acids is 1. The molecule has 3 aromatic carbocycles. The monoisotopic (exact) mass is 543 g/mol. The molecule has 36 heavy (non-hydrogen) atoms. The van der Waals surface area contributed by atoms with E-state index in [-0.39, 0.29) is 17.9 Å². The molecule has 10 heteroatoms. The van der Waals surface area contributed by atoms with Gasteiger partial charge in [0.15, 0.2) is 5.69 Å². The molecule has 1 atom stereocenters. The van der Waals surface area contributed by atoms with Crippen molar-refractivity contribution in [1.82, 2.24) is 15.1 Å². The minimum absolute atomic E-state index is 0.0220. The number of aromatic hydroxyl groups is 1. The van der Waals surface area contributed by atoms with Gasteiger partial charge in [-0.15, -0.1) is 0 Å². The first-order valence-electron chi connectivity index (χ1n) is 10.8. The second-order valence-corrected chi connectivity index (χ2v) is 9.35. The Morgan fingerprint density at radius 3 is 2.22 bits per heavy atom. The fourth-order valence-electron chi connectivity index (χ4n) is 3.78. The van der Waals surface area contributed by atoms with Crippen molar-refractivity contribution in [3.8, 4) is 22.7 Å². The molecule has 0 radical (unpaired) electrons. The summed E-state index contributed by atoms with van der Waals surface area (Å²) in [6.45, 7) is 1.72. The Kier molecular flexibility index (Phi) is 7.54. The number of hydrogen-bond donors (Lipinski definition) is 3. The second kappa shape index (κ2) is 10.6. The molecule has 0 spiro atoms. The summed E-state index contributed by atoms with van der Waals surface area (Å²) < 4.78 is 1.53. The SMILES string of the molecule is Cc1c(C(=O)N[C@@H](Cc2ccc(O)cc2)C(=O)O)nn(-c2ccc(Cl)cc2Cl)c1-c1ccc(Cl)cc1. The number of carbonyl (C=O) groups is 2. The first kappa shape index (κ1) is 25.6. The van der Waals surface area contributed by atoms with Gasteiger partial charge in [0.1, 0.15) is 11.8 Å². The minimum atomic E-state index is -1.22. The molecule has 0 aliphatic carbocycles. The topological polar surface area (TPSA) is 104 Å². The van der Waals surface area contributed by atoms with Crippen LogP contribution in [0, 0.1) is 6.92 Å². The Hall–Kier alpha value is -3.52. The molecule has 1 aromatic heterocycles. The number of rotatable bonds is 7. The Balaban J connectivity index is 1.74. The smallest absolute Gasteiger partial charge is 0.326 e. The molecule has 0 saturated heterocycles. The highest BCUT2D eigenvalue weighted by Gasteiger charge is 2.27. The number of hydrogen-bond acceptors (Lipinski definition) is 4. The third-order valence-corrected chi connectivity index (χ3v) is 6.36. The van der Waals surface area contributed by atoms with Gasteiger partial charge >= 0.3 is 5.97 Å². The molecule has 0 unspecified atom stereocenters. The number of nitrogens with one attached hydrogen (secondary N) is 1. The Morgan fingerprint density at radius 1 is 0.972 bits per heavy atom.